The number of fused-ring (bicyclic) bond motifs is 1. The van der Waals surface area contributed by atoms with Crippen molar-refractivity contribution < 1.29 is 13.2 Å². The number of carbonyl (C=O) groups excluding carboxylic acids is 1. The van der Waals surface area contributed by atoms with Gasteiger partial charge in [-0.25, -0.2) is 8.42 Å². The number of aryl methyl sites for hydroxylation is 1. The van der Waals surface area contributed by atoms with Crippen LogP contribution in [0.15, 0.2) is 77.7 Å². The van der Waals surface area contributed by atoms with Gasteiger partial charge in [0.1, 0.15) is 0 Å². The van der Waals surface area contributed by atoms with Crippen molar-refractivity contribution in [3.63, 3.8) is 0 Å². The molecule has 1 N–H and O–H groups in total. The van der Waals surface area contributed by atoms with E-state index in [1.165, 1.54) is 4.31 Å². The highest BCUT2D eigenvalue weighted by atomic mass is 32.2. The summed E-state index contributed by atoms with van der Waals surface area (Å²) >= 11 is 0. The molecular weight excluding hydrogens is 398 g/mol. The molecule has 0 radical (unpaired) electrons. The van der Waals surface area contributed by atoms with E-state index in [0.717, 1.165) is 18.4 Å². The van der Waals surface area contributed by atoms with Gasteiger partial charge in [-0.15, -0.1) is 0 Å². The molecule has 1 aliphatic rings. The summed E-state index contributed by atoms with van der Waals surface area (Å²) in [7, 11) is -3.69. The Kier molecular flexibility index (Phi) is 5.25. The number of rotatable bonds is 4. The molecule has 1 heterocycles. The summed E-state index contributed by atoms with van der Waals surface area (Å²) in [5, 5.41) is 11.7. The van der Waals surface area contributed by atoms with Crippen molar-refractivity contribution in [3.05, 3.63) is 89.5 Å². The largest absolute Gasteiger partial charge is 0.322 e. The first-order valence-electron chi connectivity index (χ1n) is 9.51. The van der Waals surface area contributed by atoms with Crippen molar-refractivity contribution in [1.82, 2.24) is 0 Å². The number of sulfonamides is 1. The number of nitrogens with one attached hydrogen (secondary N) is 1. The summed E-state index contributed by atoms with van der Waals surface area (Å²) in [6.07, 6.45) is 1.51. The van der Waals surface area contributed by atoms with E-state index >= 15 is 0 Å². The second-order valence-corrected chi connectivity index (χ2v) is 8.84. The molecule has 7 heteroatoms. The molecule has 150 valence electrons. The van der Waals surface area contributed by atoms with Crippen LogP contribution in [0.5, 0.6) is 0 Å². The lowest BCUT2D eigenvalue weighted by atomic mass is 10.0. The maximum absolute atomic E-state index is 13.2. The Morgan fingerprint density at radius 3 is 2.43 bits per heavy atom. The number of hydrogen-bond acceptors (Lipinski definition) is 4. The van der Waals surface area contributed by atoms with Gasteiger partial charge in [0.25, 0.3) is 15.9 Å². The van der Waals surface area contributed by atoms with Crippen molar-refractivity contribution >= 4 is 27.3 Å². The Balaban J connectivity index is 1.64. The average Bonchev–Trinajstić information content (AvgIpc) is 2.79. The molecule has 0 aliphatic carbocycles. The van der Waals surface area contributed by atoms with Crippen LogP contribution in [0, 0.1) is 11.3 Å². The normalized spacial score (nSPS) is 13.2. The van der Waals surface area contributed by atoms with Crippen molar-refractivity contribution in [3.8, 4) is 6.07 Å². The minimum atomic E-state index is -3.69. The van der Waals surface area contributed by atoms with Crippen LogP contribution in [0.1, 0.15) is 27.9 Å². The van der Waals surface area contributed by atoms with E-state index in [4.69, 9.17) is 5.26 Å². The SMILES string of the molecule is N#Cc1ccc(C(=O)Nc2ccc3c(c2)N(S(=O)(=O)c2ccccc2)CCC3)cc1. The first kappa shape index (κ1) is 19.7. The van der Waals surface area contributed by atoms with Crippen LogP contribution in [0.4, 0.5) is 11.4 Å². The van der Waals surface area contributed by atoms with Gasteiger partial charge in [0, 0.05) is 17.8 Å². The Bertz CT molecular complexity index is 1230. The van der Waals surface area contributed by atoms with Crippen molar-refractivity contribution in [2.24, 2.45) is 0 Å². The lowest BCUT2D eigenvalue weighted by Crippen LogP contribution is -2.35. The molecule has 0 bridgehead atoms. The Hall–Kier alpha value is -3.63. The van der Waals surface area contributed by atoms with Crippen LogP contribution >= 0.6 is 0 Å². The standard InChI is InChI=1S/C23H19N3O3S/c24-16-17-8-10-19(11-9-17)23(27)25-20-13-12-18-5-4-14-26(22(18)15-20)30(28,29)21-6-2-1-3-7-21/h1-3,6-13,15H,4-5,14H2,(H,25,27). The van der Waals surface area contributed by atoms with Gasteiger partial charge in [0.15, 0.2) is 0 Å². The molecule has 1 aliphatic heterocycles. The fourth-order valence-corrected chi connectivity index (χ4v) is 5.04. The van der Waals surface area contributed by atoms with E-state index in [9.17, 15) is 13.2 Å². The highest BCUT2D eigenvalue weighted by molar-refractivity contribution is 7.92. The third kappa shape index (κ3) is 3.78. The Morgan fingerprint density at radius 2 is 1.73 bits per heavy atom. The molecule has 0 saturated heterocycles. The number of nitrogens with zero attached hydrogens (tertiary/aromatic N) is 2. The highest BCUT2D eigenvalue weighted by Gasteiger charge is 2.29. The van der Waals surface area contributed by atoms with E-state index in [1.807, 2.05) is 12.1 Å². The van der Waals surface area contributed by atoms with Gasteiger partial charge in [-0.1, -0.05) is 24.3 Å². The van der Waals surface area contributed by atoms with Gasteiger partial charge < -0.3 is 5.32 Å². The lowest BCUT2D eigenvalue weighted by molar-refractivity contribution is 0.102. The van der Waals surface area contributed by atoms with Crippen LogP contribution in [0.2, 0.25) is 0 Å². The molecule has 1 amide bonds. The average molecular weight is 417 g/mol. The first-order chi connectivity index (χ1) is 14.5. The van der Waals surface area contributed by atoms with Crippen molar-refractivity contribution in [2.75, 3.05) is 16.2 Å². The molecular formula is C23H19N3O3S. The number of amides is 1. The maximum atomic E-state index is 13.2. The van der Waals surface area contributed by atoms with Crippen LogP contribution < -0.4 is 9.62 Å². The van der Waals surface area contributed by atoms with Crippen LogP contribution in [-0.2, 0) is 16.4 Å². The number of anilines is 2. The van der Waals surface area contributed by atoms with Crippen LogP contribution in [0.3, 0.4) is 0 Å². The summed E-state index contributed by atoms with van der Waals surface area (Å²) in [4.78, 5) is 12.8. The summed E-state index contributed by atoms with van der Waals surface area (Å²) in [5.41, 5.74) is 2.92. The number of nitriles is 1. The van der Waals surface area contributed by atoms with Gasteiger partial charge in [0.05, 0.1) is 22.2 Å². The molecule has 0 unspecified atom stereocenters. The zero-order valence-corrected chi connectivity index (χ0v) is 16.9. The number of benzene rings is 3. The quantitative estimate of drug-likeness (QED) is 0.696. The molecule has 0 aromatic heterocycles. The van der Waals surface area contributed by atoms with Crippen LogP contribution in [-0.4, -0.2) is 20.9 Å². The Labute approximate surface area is 175 Å². The zero-order valence-electron chi connectivity index (χ0n) is 16.1. The fraction of sp³-hybridized carbons (Fsp3) is 0.130. The minimum Gasteiger partial charge on any atom is -0.322 e. The molecule has 0 atom stereocenters. The fourth-order valence-electron chi connectivity index (χ4n) is 3.49. The molecule has 0 spiro atoms. The van der Waals surface area contributed by atoms with Gasteiger partial charge in [-0.05, 0) is 66.9 Å². The predicted octanol–water partition coefficient (Wildman–Crippen LogP) is 3.95. The summed E-state index contributed by atoms with van der Waals surface area (Å²) in [6.45, 7) is 0.386. The molecule has 0 fully saturated rings. The second kappa shape index (κ2) is 8.01. The summed E-state index contributed by atoms with van der Waals surface area (Å²) in [5.74, 6) is -0.326. The van der Waals surface area contributed by atoms with Gasteiger partial charge in [0.2, 0.25) is 0 Å². The van der Waals surface area contributed by atoms with E-state index in [0.29, 0.717) is 29.0 Å². The molecule has 30 heavy (non-hydrogen) atoms. The van der Waals surface area contributed by atoms with E-state index in [2.05, 4.69) is 5.32 Å². The molecule has 6 nitrogen and oxygen atoms in total. The monoisotopic (exact) mass is 417 g/mol. The van der Waals surface area contributed by atoms with E-state index in [-0.39, 0.29) is 10.8 Å². The van der Waals surface area contributed by atoms with Gasteiger partial charge >= 0.3 is 0 Å². The topological polar surface area (TPSA) is 90.3 Å². The Morgan fingerprint density at radius 1 is 1.00 bits per heavy atom. The maximum Gasteiger partial charge on any atom is 0.264 e. The molecule has 3 aromatic rings. The van der Waals surface area contributed by atoms with Gasteiger partial charge in [-0.3, -0.25) is 9.10 Å². The van der Waals surface area contributed by atoms with Crippen molar-refractivity contribution in [1.29, 1.82) is 5.26 Å². The lowest BCUT2D eigenvalue weighted by Gasteiger charge is -2.31. The predicted molar refractivity (Wildman–Crippen MR) is 115 cm³/mol. The third-order valence-corrected chi connectivity index (χ3v) is 6.85. The number of carbonyl (C=O) groups is 1. The summed E-state index contributed by atoms with van der Waals surface area (Å²) < 4.78 is 27.8. The minimum absolute atomic E-state index is 0.241. The number of hydrogen-bond donors (Lipinski definition) is 1. The highest BCUT2D eigenvalue weighted by Crippen LogP contribution is 2.34. The first-order valence-corrected chi connectivity index (χ1v) is 11.0. The van der Waals surface area contributed by atoms with Crippen LogP contribution in [0.25, 0.3) is 0 Å². The smallest absolute Gasteiger partial charge is 0.264 e. The molecule has 4 rings (SSSR count). The van der Waals surface area contributed by atoms with Gasteiger partial charge in [-0.2, -0.15) is 5.26 Å². The zero-order chi connectivity index (χ0) is 21.1. The molecule has 3 aromatic carbocycles. The molecule has 0 saturated carbocycles. The van der Waals surface area contributed by atoms with E-state index < -0.39 is 10.0 Å². The second-order valence-electron chi connectivity index (χ2n) is 6.98. The summed E-state index contributed by atoms with van der Waals surface area (Å²) in [6, 6.07) is 22.0. The van der Waals surface area contributed by atoms with Crippen molar-refractivity contribution in [2.45, 2.75) is 17.7 Å². The third-order valence-electron chi connectivity index (χ3n) is 5.03. The van der Waals surface area contributed by atoms with E-state index in [1.54, 1.807) is 66.7 Å².